The molecule has 2 aromatic carbocycles. The molecule has 2 amide bonds. The van der Waals surface area contributed by atoms with Crippen molar-refractivity contribution < 1.29 is 18.7 Å². The number of amides is 2. The maximum Gasteiger partial charge on any atom is 0.414 e. The third kappa shape index (κ3) is 2.76. The van der Waals surface area contributed by atoms with Gasteiger partial charge in [-0.1, -0.05) is 12.1 Å². The van der Waals surface area contributed by atoms with Crippen LogP contribution in [0.4, 0.5) is 20.6 Å². The maximum atomic E-state index is 13.5. The minimum absolute atomic E-state index is 0.0188. The Labute approximate surface area is 126 Å². The van der Waals surface area contributed by atoms with E-state index in [1.54, 1.807) is 30.3 Å². The Balaban J connectivity index is 1.72. The van der Waals surface area contributed by atoms with Crippen LogP contribution < -0.4 is 10.2 Å². The van der Waals surface area contributed by atoms with Crippen molar-refractivity contribution in [2.45, 2.75) is 0 Å². The second kappa shape index (κ2) is 5.85. The van der Waals surface area contributed by atoms with Crippen molar-refractivity contribution in [3.63, 3.8) is 0 Å². The quantitative estimate of drug-likeness (QED) is 0.948. The van der Waals surface area contributed by atoms with Crippen LogP contribution in [0.3, 0.4) is 0 Å². The SMILES string of the molecule is O=C(Nc1ccc(N2CCOC2=O)cc1)c1ccccc1F. The molecular formula is C16H13FN2O3. The Morgan fingerprint density at radius 1 is 1.14 bits per heavy atom. The van der Waals surface area contributed by atoms with E-state index in [1.807, 2.05) is 0 Å². The van der Waals surface area contributed by atoms with Gasteiger partial charge in [-0.3, -0.25) is 9.69 Å². The van der Waals surface area contributed by atoms with Crippen molar-refractivity contribution in [3.8, 4) is 0 Å². The van der Waals surface area contributed by atoms with E-state index in [0.717, 1.165) is 0 Å². The smallest absolute Gasteiger partial charge is 0.414 e. The van der Waals surface area contributed by atoms with E-state index < -0.39 is 11.7 Å². The summed E-state index contributed by atoms with van der Waals surface area (Å²) in [5, 5.41) is 2.61. The summed E-state index contributed by atoms with van der Waals surface area (Å²) in [6, 6.07) is 12.5. The molecule has 0 spiro atoms. The van der Waals surface area contributed by atoms with Crippen LogP contribution in [0.25, 0.3) is 0 Å². The monoisotopic (exact) mass is 300 g/mol. The van der Waals surface area contributed by atoms with Gasteiger partial charge >= 0.3 is 6.09 Å². The fourth-order valence-electron chi connectivity index (χ4n) is 2.20. The van der Waals surface area contributed by atoms with Gasteiger partial charge in [0.15, 0.2) is 0 Å². The molecule has 0 aliphatic carbocycles. The van der Waals surface area contributed by atoms with Gasteiger partial charge in [0.1, 0.15) is 12.4 Å². The average molecular weight is 300 g/mol. The first-order valence-corrected chi connectivity index (χ1v) is 6.75. The standard InChI is InChI=1S/C16H13FN2O3/c17-14-4-2-1-3-13(14)15(20)18-11-5-7-12(8-6-11)19-9-10-22-16(19)21/h1-8H,9-10H2,(H,18,20). The number of carbonyl (C=O) groups is 2. The lowest BCUT2D eigenvalue weighted by atomic mass is 10.2. The highest BCUT2D eigenvalue weighted by molar-refractivity contribution is 6.04. The molecule has 3 rings (SSSR count). The number of nitrogens with zero attached hydrogens (tertiary/aromatic N) is 1. The van der Waals surface area contributed by atoms with E-state index in [1.165, 1.54) is 23.1 Å². The van der Waals surface area contributed by atoms with E-state index >= 15 is 0 Å². The predicted octanol–water partition coefficient (Wildman–Crippen LogP) is 3.03. The molecule has 0 aromatic heterocycles. The Morgan fingerprint density at radius 3 is 2.50 bits per heavy atom. The van der Waals surface area contributed by atoms with E-state index in [4.69, 9.17) is 4.74 Å². The van der Waals surface area contributed by atoms with Crippen LogP contribution in [0.2, 0.25) is 0 Å². The molecule has 1 heterocycles. The molecule has 2 aromatic rings. The Kier molecular flexibility index (Phi) is 3.74. The molecule has 0 unspecified atom stereocenters. The zero-order chi connectivity index (χ0) is 15.5. The first-order valence-electron chi connectivity index (χ1n) is 6.75. The zero-order valence-electron chi connectivity index (χ0n) is 11.6. The van der Waals surface area contributed by atoms with Gasteiger partial charge in [0, 0.05) is 11.4 Å². The number of nitrogens with one attached hydrogen (secondary N) is 1. The Hall–Kier alpha value is -2.89. The first-order chi connectivity index (χ1) is 10.6. The van der Waals surface area contributed by atoms with Gasteiger partial charge in [0.25, 0.3) is 5.91 Å². The zero-order valence-corrected chi connectivity index (χ0v) is 11.6. The van der Waals surface area contributed by atoms with Crippen LogP contribution >= 0.6 is 0 Å². The van der Waals surface area contributed by atoms with Crippen LogP contribution in [-0.2, 0) is 4.74 Å². The summed E-state index contributed by atoms with van der Waals surface area (Å²) in [5.74, 6) is -1.09. The minimum Gasteiger partial charge on any atom is -0.447 e. The minimum atomic E-state index is -0.573. The first kappa shape index (κ1) is 14.1. The summed E-state index contributed by atoms with van der Waals surface area (Å²) in [4.78, 5) is 24.9. The van der Waals surface area contributed by atoms with Gasteiger partial charge in [-0.2, -0.15) is 0 Å². The van der Waals surface area contributed by atoms with Crippen LogP contribution in [0.1, 0.15) is 10.4 Å². The largest absolute Gasteiger partial charge is 0.447 e. The fourth-order valence-corrected chi connectivity index (χ4v) is 2.20. The lowest BCUT2D eigenvalue weighted by molar-refractivity contribution is 0.102. The van der Waals surface area contributed by atoms with Gasteiger partial charge in [-0.15, -0.1) is 0 Å². The molecule has 0 radical (unpaired) electrons. The van der Waals surface area contributed by atoms with E-state index in [-0.39, 0.29) is 11.7 Å². The third-order valence-electron chi connectivity index (χ3n) is 3.32. The number of hydrogen-bond acceptors (Lipinski definition) is 3. The fraction of sp³-hybridized carbons (Fsp3) is 0.125. The summed E-state index contributed by atoms with van der Waals surface area (Å²) in [7, 11) is 0. The molecule has 112 valence electrons. The van der Waals surface area contributed by atoms with Gasteiger partial charge in [-0.25, -0.2) is 9.18 Å². The second-order valence-corrected chi connectivity index (χ2v) is 4.75. The molecule has 22 heavy (non-hydrogen) atoms. The normalized spacial score (nSPS) is 13.9. The van der Waals surface area contributed by atoms with E-state index in [9.17, 15) is 14.0 Å². The van der Waals surface area contributed by atoms with Crippen molar-refractivity contribution >= 4 is 23.4 Å². The highest BCUT2D eigenvalue weighted by Crippen LogP contribution is 2.21. The number of cyclic esters (lactones) is 1. The molecule has 1 saturated heterocycles. The van der Waals surface area contributed by atoms with Crippen molar-refractivity contribution in [1.82, 2.24) is 0 Å². The molecule has 1 aliphatic heterocycles. The lowest BCUT2D eigenvalue weighted by Crippen LogP contribution is -2.23. The van der Waals surface area contributed by atoms with Crippen LogP contribution in [0.15, 0.2) is 48.5 Å². The molecule has 0 saturated carbocycles. The number of carbonyl (C=O) groups excluding carboxylic acids is 2. The number of rotatable bonds is 3. The van der Waals surface area contributed by atoms with Crippen molar-refractivity contribution in [1.29, 1.82) is 0 Å². The third-order valence-corrected chi connectivity index (χ3v) is 3.32. The number of hydrogen-bond donors (Lipinski definition) is 1. The molecule has 0 bridgehead atoms. The van der Waals surface area contributed by atoms with Crippen LogP contribution in [0, 0.1) is 5.82 Å². The van der Waals surface area contributed by atoms with E-state index in [0.29, 0.717) is 24.5 Å². The van der Waals surface area contributed by atoms with Crippen molar-refractivity contribution in [2.75, 3.05) is 23.4 Å². The second-order valence-electron chi connectivity index (χ2n) is 4.75. The highest BCUT2D eigenvalue weighted by atomic mass is 19.1. The molecule has 1 N–H and O–H groups in total. The lowest BCUT2D eigenvalue weighted by Gasteiger charge is -2.13. The predicted molar refractivity (Wildman–Crippen MR) is 79.5 cm³/mol. The summed E-state index contributed by atoms with van der Waals surface area (Å²) in [6.07, 6.45) is -0.386. The number of halogens is 1. The highest BCUT2D eigenvalue weighted by Gasteiger charge is 2.23. The van der Waals surface area contributed by atoms with Crippen LogP contribution in [0.5, 0.6) is 0 Å². The van der Waals surface area contributed by atoms with Gasteiger partial charge in [-0.05, 0) is 36.4 Å². The number of anilines is 2. The summed E-state index contributed by atoms with van der Waals surface area (Å²) in [6.45, 7) is 0.865. The van der Waals surface area contributed by atoms with Crippen molar-refractivity contribution in [2.24, 2.45) is 0 Å². The Bertz CT molecular complexity index is 716. The average Bonchev–Trinajstić information content (AvgIpc) is 2.94. The van der Waals surface area contributed by atoms with Gasteiger partial charge in [0.05, 0.1) is 12.1 Å². The molecule has 6 heteroatoms. The summed E-state index contributed by atoms with van der Waals surface area (Å²) in [5.41, 5.74) is 1.19. The Morgan fingerprint density at radius 2 is 1.86 bits per heavy atom. The summed E-state index contributed by atoms with van der Waals surface area (Å²) < 4.78 is 18.4. The van der Waals surface area contributed by atoms with Crippen LogP contribution in [-0.4, -0.2) is 25.2 Å². The number of benzene rings is 2. The van der Waals surface area contributed by atoms with Crippen molar-refractivity contribution in [3.05, 3.63) is 59.9 Å². The number of ether oxygens (including phenoxy) is 1. The van der Waals surface area contributed by atoms with Gasteiger partial charge < -0.3 is 10.1 Å². The molecule has 0 atom stereocenters. The molecule has 1 aliphatic rings. The topological polar surface area (TPSA) is 58.6 Å². The molecule has 5 nitrogen and oxygen atoms in total. The van der Waals surface area contributed by atoms with Gasteiger partial charge in [0.2, 0.25) is 0 Å². The molecule has 1 fully saturated rings. The maximum absolute atomic E-state index is 13.5. The summed E-state index contributed by atoms with van der Waals surface area (Å²) >= 11 is 0. The molecular weight excluding hydrogens is 287 g/mol. The van der Waals surface area contributed by atoms with E-state index in [2.05, 4.69) is 5.32 Å².